The fourth-order valence-corrected chi connectivity index (χ4v) is 4.11. The topological polar surface area (TPSA) is 124 Å². The van der Waals surface area contributed by atoms with Crippen LogP contribution in [-0.4, -0.2) is 61.2 Å². The van der Waals surface area contributed by atoms with Gasteiger partial charge >= 0.3 is 6.03 Å². The molecular weight excluding hydrogens is 498 g/mol. The van der Waals surface area contributed by atoms with Crippen molar-refractivity contribution in [2.75, 3.05) is 62.1 Å². The molecule has 0 radical (unpaired) electrons. The number of hydrogen-bond donors (Lipinski definition) is 3. The van der Waals surface area contributed by atoms with Gasteiger partial charge in [0.1, 0.15) is 12.4 Å². The second kappa shape index (κ2) is 14.8. The van der Waals surface area contributed by atoms with E-state index in [1.54, 1.807) is 61.7 Å². The van der Waals surface area contributed by atoms with E-state index >= 15 is 0 Å². The minimum atomic E-state index is -3.74. The van der Waals surface area contributed by atoms with Gasteiger partial charge in [-0.3, -0.25) is 4.72 Å². The van der Waals surface area contributed by atoms with Crippen molar-refractivity contribution in [2.45, 2.75) is 4.90 Å². The lowest BCUT2D eigenvalue weighted by Crippen LogP contribution is -2.19. The maximum Gasteiger partial charge on any atom is 0.323 e. The highest BCUT2D eigenvalue weighted by molar-refractivity contribution is 7.92. The van der Waals surface area contributed by atoms with E-state index in [-0.39, 0.29) is 4.90 Å². The molecule has 0 aliphatic rings. The zero-order chi connectivity index (χ0) is 26.3. The van der Waals surface area contributed by atoms with Crippen molar-refractivity contribution in [2.24, 2.45) is 0 Å². The predicted molar refractivity (Wildman–Crippen MR) is 142 cm³/mol. The Balaban J connectivity index is 1.38. The first-order chi connectivity index (χ1) is 18.0. The molecule has 0 aliphatic heterocycles. The van der Waals surface area contributed by atoms with E-state index in [2.05, 4.69) is 15.4 Å². The van der Waals surface area contributed by atoms with Gasteiger partial charge in [-0.25, -0.2) is 13.2 Å². The van der Waals surface area contributed by atoms with Crippen molar-refractivity contribution in [3.8, 4) is 5.75 Å². The molecule has 0 aromatic heterocycles. The van der Waals surface area contributed by atoms with Crippen LogP contribution in [0.15, 0.2) is 83.8 Å². The van der Waals surface area contributed by atoms with Gasteiger partial charge in [0.05, 0.1) is 37.9 Å². The molecule has 0 fully saturated rings. The van der Waals surface area contributed by atoms with Gasteiger partial charge in [0.2, 0.25) is 0 Å². The van der Waals surface area contributed by atoms with Crippen LogP contribution in [-0.2, 0) is 24.2 Å². The summed E-state index contributed by atoms with van der Waals surface area (Å²) in [4.78, 5) is 12.4. The van der Waals surface area contributed by atoms with Gasteiger partial charge in [-0.2, -0.15) is 0 Å². The van der Waals surface area contributed by atoms with E-state index in [0.717, 1.165) is 0 Å². The number of amides is 2. The fraction of sp³-hybridized carbons (Fsp3) is 0.269. The fourth-order valence-electron chi connectivity index (χ4n) is 3.05. The first-order valence-corrected chi connectivity index (χ1v) is 13.1. The summed E-state index contributed by atoms with van der Waals surface area (Å²) >= 11 is 0. The van der Waals surface area contributed by atoms with Crippen LogP contribution in [0, 0.1) is 0 Å². The van der Waals surface area contributed by atoms with E-state index in [1.165, 1.54) is 24.3 Å². The molecule has 2 amide bonds. The van der Waals surface area contributed by atoms with Crippen molar-refractivity contribution >= 4 is 33.1 Å². The van der Waals surface area contributed by atoms with Crippen molar-refractivity contribution in [3.05, 3.63) is 78.9 Å². The van der Waals surface area contributed by atoms with Crippen molar-refractivity contribution < 1.29 is 32.2 Å². The first kappa shape index (κ1) is 27.9. The number of methoxy groups -OCH3 is 1. The molecule has 3 aromatic rings. The van der Waals surface area contributed by atoms with Crippen molar-refractivity contribution in [1.29, 1.82) is 0 Å². The second-order valence-electron chi connectivity index (χ2n) is 7.67. The average molecular weight is 530 g/mol. The van der Waals surface area contributed by atoms with Gasteiger partial charge in [-0.1, -0.05) is 18.2 Å². The lowest BCUT2D eigenvalue weighted by Gasteiger charge is -2.11. The molecule has 0 aliphatic carbocycles. The standard InChI is InChI=1S/C26H31N3O7S/c1-33-15-16-34-17-18-35-19-20-36-24-11-7-21(8-12-24)27-26(30)28-22-9-13-25(14-10-22)37(31,32)29-23-5-3-2-4-6-23/h2-14,29H,15-20H2,1H3,(H2,27,28,30). The number of urea groups is 1. The third kappa shape index (κ3) is 10.1. The summed E-state index contributed by atoms with van der Waals surface area (Å²) in [5, 5.41) is 5.39. The Labute approximate surface area is 216 Å². The predicted octanol–water partition coefficient (Wildman–Crippen LogP) is 4.19. The lowest BCUT2D eigenvalue weighted by atomic mass is 10.3. The molecule has 0 atom stereocenters. The zero-order valence-electron chi connectivity index (χ0n) is 20.5. The van der Waals surface area contributed by atoms with Crippen LogP contribution in [0.1, 0.15) is 0 Å². The quantitative estimate of drug-likeness (QED) is 0.252. The molecule has 0 saturated carbocycles. The number of para-hydroxylation sites is 1. The third-order valence-corrected chi connectivity index (χ3v) is 6.26. The first-order valence-electron chi connectivity index (χ1n) is 11.6. The molecule has 11 heteroatoms. The molecule has 37 heavy (non-hydrogen) atoms. The van der Waals surface area contributed by atoms with E-state index < -0.39 is 16.1 Å². The Morgan fingerprint density at radius 3 is 1.81 bits per heavy atom. The summed E-state index contributed by atoms with van der Waals surface area (Å²) in [7, 11) is -2.11. The van der Waals surface area contributed by atoms with E-state index in [0.29, 0.717) is 62.5 Å². The number of carbonyl (C=O) groups is 1. The SMILES string of the molecule is COCCOCCOCCOc1ccc(NC(=O)Nc2ccc(S(=O)(=O)Nc3ccccc3)cc2)cc1. The summed E-state index contributed by atoms with van der Waals surface area (Å²) in [6, 6.07) is 20.9. The van der Waals surface area contributed by atoms with Gasteiger partial charge in [-0.15, -0.1) is 0 Å². The number of hydrogen-bond acceptors (Lipinski definition) is 7. The lowest BCUT2D eigenvalue weighted by molar-refractivity contribution is 0.0180. The highest BCUT2D eigenvalue weighted by Crippen LogP contribution is 2.19. The number of sulfonamides is 1. The van der Waals surface area contributed by atoms with Gasteiger partial charge in [0.15, 0.2) is 0 Å². The molecule has 10 nitrogen and oxygen atoms in total. The van der Waals surface area contributed by atoms with E-state index in [9.17, 15) is 13.2 Å². The van der Waals surface area contributed by atoms with E-state index in [4.69, 9.17) is 18.9 Å². The molecule has 0 heterocycles. The Bertz CT molecular complexity index is 1190. The number of rotatable bonds is 15. The van der Waals surface area contributed by atoms with Crippen LogP contribution in [0.3, 0.4) is 0 Å². The van der Waals surface area contributed by atoms with Crippen molar-refractivity contribution in [3.63, 3.8) is 0 Å². The molecule has 0 unspecified atom stereocenters. The molecule has 0 spiro atoms. The van der Waals surface area contributed by atoms with Gasteiger partial charge in [0, 0.05) is 24.2 Å². The monoisotopic (exact) mass is 529 g/mol. The highest BCUT2D eigenvalue weighted by atomic mass is 32.2. The molecular formula is C26H31N3O7S. The van der Waals surface area contributed by atoms with Crippen LogP contribution in [0.2, 0.25) is 0 Å². The minimum Gasteiger partial charge on any atom is -0.491 e. The number of benzene rings is 3. The summed E-state index contributed by atoms with van der Waals surface area (Å²) in [6.45, 7) is 2.89. The Kier molecular flexibility index (Phi) is 11.2. The zero-order valence-corrected chi connectivity index (χ0v) is 21.3. The maximum atomic E-state index is 12.5. The van der Waals surface area contributed by atoms with Crippen LogP contribution in [0.5, 0.6) is 5.75 Å². The maximum absolute atomic E-state index is 12.5. The minimum absolute atomic E-state index is 0.0821. The number of carbonyl (C=O) groups excluding carboxylic acids is 1. The molecule has 3 N–H and O–H groups in total. The summed E-state index contributed by atoms with van der Waals surface area (Å²) in [6.07, 6.45) is 0. The highest BCUT2D eigenvalue weighted by Gasteiger charge is 2.14. The largest absolute Gasteiger partial charge is 0.491 e. The van der Waals surface area contributed by atoms with Crippen molar-refractivity contribution in [1.82, 2.24) is 0 Å². The number of nitrogens with one attached hydrogen (secondary N) is 3. The van der Waals surface area contributed by atoms with Gasteiger partial charge < -0.3 is 29.6 Å². The molecule has 0 saturated heterocycles. The molecule has 3 aromatic carbocycles. The Morgan fingerprint density at radius 1 is 0.676 bits per heavy atom. The van der Waals surface area contributed by atoms with Crippen LogP contribution in [0.25, 0.3) is 0 Å². The molecule has 0 bridgehead atoms. The average Bonchev–Trinajstić information content (AvgIpc) is 2.89. The van der Waals surface area contributed by atoms with Crippen LogP contribution < -0.4 is 20.1 Å². The second-order valence-corrected chi connectivity index (χ2v) is 9.35. The third-order valence-electron chi connectivity index (χ3n) is 4.86. The van der Waals surface area contributed by atoms with Gasteiger partial charge in [0.25, 0.3) is 10.0 Å². The van der Waals surface area contributed by atoms with E-state index in [1.807, 2.05) is 0 Å². The van der Waals surface area contributed by atoms with Crippen LogP contribution >= 0.6 is 0 Å². The molecule has 3 rings (SSSR count). The summed E-state index contributed by atoms with van der Waals surface area (Å²) < 4.78 is 48.8. The van der Waals surface area contributed by atoms with Crippen LogP contribution in [0.4, 0.5) is 21.9 Å². The number of ether oxygens (including phenoxy) is 4. The van der Waals surface area contributed by atoms with Gasteiger partial charge in [-0.05, 0) is 60.7 Å². The number of anilines is 3. The smallest absolute Gasteiger partial charge is 0.323 e. The Morgan fingerprint density at radius 2 is 1.22 bits per heavy atom. The summed E-state index contributed by atoms with van der Waals surface area (Å²) in [5.41, 5.74) is 1.48. The normalized spacial score (nSPS) is 11.1. The summed E-state index contributed by atoms with van der Waals surface area (Å²) in [5.74, 6) is 0.645. The molecule has 198 valence electrons. The Hall–Kier alpha value is -3.64.